The summed E-state index contributed by atoms with van der Waals surface area (Å²) in [6.45, 7) is 2.52. The molecule has 0 atom stereocenters. The number of nitrogens with zero attached hydrogens (tertiary/aromatic N) is 2. The van der Waals surface area contributed by atoms with Crippen LogP contribution in [0.3, 0.4) is 0 Å². The van der Waals surface area contributed by atoms with Crippen LogP contribution in [-0.4, -0.2) is 62.1 Å². The van der Waals surface area contributed by atoms with Gasteiger partial charge in [-0.25, -0.2) is 14.0 Å². The third kappa shape index (κ3) is 3.41. The Labute approximate surface area is 193 Å². The molecule has 176 valence electrons. The van der Waals surface area contributed by atoms with Crippen molar-refractivity contribution in [1.29, 1.82) is 0 Å². The number of halogens is 1. The van der Waals surface area contributed by atoms with Crippen LogP contribution in [0.15, 0.2) is 47.1 Å². The van der Waals surface area contributed by atoms with Crippen molar-refractivity contribution < 1.29 is 37.3 Å². The average Bonchev–Trinajstić information content (AvgIpc) is 3.36. The predicted octanol–water partition coefficient (Wildman–Crippen LogP) is 2.46. The minimum atomic E-state index is -1.62. The summed E-state index contributed by atoms with van der Waals surface area (Å²) in [5.74, 6) is -2.92. The smallest absolute Gasteiger partial charge is 0.422 e. The van der Waals surface area contributed by atoms with Gasteiger partial charge in [-0.15, -0.1) is 0 Å². The minimum absolute atomic E-state index is 0.138. The van der Waals surface area contributed by atoms with E-state index in [-0.39, 0.29) is 12.4 Å². The van der Waals surface area contributed by atoms with Gasteiger partial charge in [0.2, 0.25) is 0 Å². The largest absolute Gasteiger partial charge is 0.486 e. The Morgan fingerprint density at radius 1 is 1.00 bits per heavy atom. The lowest BCUT2D eigenvalue weighted by atomic mass is 10.1. The Bertz CT molecular complexity index is 1270. The molecule has 9 nitrogen and oxygen atoms in total. The molecule has 3 aromatic rings. The van der Waals surface area contributed by atoms with Crippen LogP contribution in [0.2, 0.25) is 0 Å². The molecule has 0 amide bonds. The number of rotatable bonds is 4. The summed E-state index contributed by atoms with van der Waals surface area (Å²) in [7, 11) is 0. The van der Waals surface area contributed by atoms with Crippen molar-refractivity contribution in [1.82, 2.24) is 4.90 Å². The molecule has 0 saturated carbocycles. The minimum Gasteiger partial charge on any atom is -0.486 e. The van der Waals surface area contributed by atoms with Gasteiger partial charge in [-0.3, -0.25) is 9.80 Å². The molecule has 0 N–H and O–H groups in total. The van der Waals surface area contributed by atoms with Crippen molar-refractivity contribution in [2.75, 3.05) is 44.3 Å². The monoisotopic (exact) mass is 468 g/mol. The molecule has 10 heteroatoms. The molecule has 3 aliphatic heterocycles. The van der Waals surface area contributed by atoms with Crippen molar-refractivity contribution in [3.8, 4) is 11.5 Å². The topological polar surface area (TPSA) is 90.7 Å². The number of hydrogen-bond acceptors (Lipinski definition) is 9. The standard InChI is InChI=1S/C24H21FN2O7/c25-16-4-5-19-17(12-16)15(13-32-19)6-7-26-8-9-27(24(14-26)33-22(28)23(29)34-24)18-2-1-3-20-21(18)31-11-10-30-20/h1-5,12-13H,6-11,14H2. The number of piperazine rings is 1. The Kier molecular flexibility index (Phi) is 4.84. The highest BCUT2D eigenvalue weighted by atomic mass is 19.1. The third-order valence-corrected chi connectivity index (χ3v) is 6.29. The van der Waals surface area contributed by atoms with Crippen LogP contribution >= 0.6 is 0 Å². The zero-order valence-electron chi connectivity index (χ0n) is 18.1. The SMILES string of the molecule is O=C1OC2(CN(CCc3coc4ccc(F)cc34)CCN2c2cccc3c2OCCO3)OC1=O. The second-order valence-corrected chi connectivity index (χ2v) is 8.37. The molecule has 1 aromatic heterocycles. The number of para-hydroxylation sites is 1. The lowest BCUT2D eigenvalue weighted by Crippen LogP contribution is -2.64. The summed E-state index contributed by atoms with van der Waals surface area (Å²) in [5, 5.41) is 0.722. The first-order valence-corrected chi connectivity index (χ1v) is 11.0. The fraction of sp³-hybridized carbons (Fsp3) is 0.333. The van der Waals surface area contributed by atoms with E-state index in [1.807, 2.05) is 17.0 Å². The number of esters is 2. The normalized spacial score (nSPS) is 19.5. The van der Waals surface area contributed by atoms with Gasteiger partial charge in [-0.05, 0) is 42.3 Å². The van der Waals surface area contributed by atoms with Crippen LogP contribution in [0.25, 0.3) is 11.0 Å². The zero-order chi connectivity index (χ0) is 23.3. The van der Waals surface area contributed by atoms with E-state index < -0.39 is 17.8 Å². The van der Waals surface area contributed by atoms with E-state index in [2.05, 4.69) is 0 Å². The molecule has 0 aliphatic carbocycles. The predicted molar refractivity (Wildman–Crippen MR) is 116 cm³/mol. The van der Waals surface area contributed by atoms with Gasteiger partial charge in [0.25, 0.3) is 0 Å². The molecule has 0 bridgehead atoms. The first-order valence-electron chi connectivity index (χ1n) is 11.0. The lowest BCUT2D eigenvalue weighted by Gasteiger charge is -2.46. The first kappa shape index (κ1) is 20.8. The van der Waals surface area contributed by atoms with Crippen molar-refractivity contribution in [3.05, 3.63) is 54.0 Å². The summed E-state index contributed by atoms with van der Waals surface area (Å²) in [4.78, 5) is 28.0. The highest BCUT2D eigenvalue weighted by Gasteiger charge is 2.56. The number of furan rings is 1. The highest BCUT2D eigenvalue weighted by Crippen LogP contribution is 2.44. The molecule has 6 rings (SSSR count). The number of fused-ring (bicyclic) bond motifs is 2. The second-order valence-electron chi connectivity index (χ2n) is 8.37. The van der Waals surface area contributed by atoms with Gasteiger partial charge in [0.1, 0.15) is 24.6 Å². The summed E-state index contributed by atoms with van der Waals surface area (Å²) in [6.07, 6.45) is 2.20. The van der Waals surface area contributed by atoms with E-state index in [0.29, 0.717) is 62.0 Å². The van der Waals surface area contributed by atoms with Gasteiger partial charge in [-0.1, -0.05) is 6.07 Å². The molecule has 0 radical (unpaired) electrons. The Morgan fingerprint density at radius 2 is 1.82 bits per heavy atom. The van der Waals surface area contributed by atoms with Gasteiger partial charge < -0.3 is 23.4 Å². The van der Waals surface area contributed by atoms with Crippen molar-refractivity contribution >= 4 is 28.6 Å². The number of benzene rings is 2. The fourth-order valence-corrected chi connectivity index (χ4v) is 4.72. The number of anilines is 1. The highest BCUT2D eigenvalue weighted by molar-refractivity contribution is 6.31. The quantitative estimate of drug-likeness (QED) is 0.423. The van der Waals surface area contributed by atoms with Gasteiger partial charge in [0, 0.05) is 25.0 Å². The molecule has 0 unspecified atom stereocenters. The maximum Gasteiger partial charge on any atom is 0.422 e. The maximum absolute atomic E-state index is 13.7. The third-order valence-electron chi connectivity index (χ3n) is 6.29. The molecule has 1 spiro atoms. The van der Waals surface area contributed by atoms with Crippen LogP contribution in [0.4, 0.5) is 10.1 Å². The van der Waals surface area contributed by atoms with Gasteiger partial charge in [-0.2, -0.15) is 0 Å². The Balaban J connectivity index is 1.26. The Morgan fingerprint density at radius 3 is 2.68 bits per heavy atom. The Hall–Kier alpha value is -3.79. The lowest BCUT2D eigenvalue weighted by molar-refractivity contribution is -0.192. The van der Waals surface area contributed by atoms with E-state index in [4.69, 9.17) is 23.4 Å². The van der Waals surface area contributed by atoms with Gasteiger partial charge in [0.05, 0.1) is 18.5 Å². The molecular formula is C24H21FN2O7. The van der Waals surface area contributed by atoms with Crippen LogP contribution in [-0.2, 0) is 25.5 Å². The van der Waals surface area contributed by atoms with Gasteiger partial charge >= 0.3 is 17.8 Å². The fourth-order valence-electron chi connectivity index (χ4n) is 4.72. The van der Waals surface area contributed by atoms with Crippen LogP contribution in [0.1, 0.15) is 5.56 Å². The number of ether oxygens (including phenoxy) is 4. The molecule has 34 heavy (non-hydrogen) atoms. The molecule has 3 aliphatic rings. The molecule has 2 saturated heterocycles. The number of carbonyl (C=O) groups is 2. The van der Waals surface area contributed by atoms with E-state index in [0.717, 1.165) is 10.9 Å². The summed E-state index contributed by atoms with van der Waals surface area (Å²) >= 11 is 0. The van der Waals surface area contributed by atoms with E-state index >= 15 is 0 Å². The van der Waals surface area contributed by atoms with Crippen LogP contribution < -0.4 is 14.4 Å². The molecule has 4 heterocycles. The first-order chi connectivity index (χ1) is 16.5. The molecule has 2 aromatic carbocycles. The van der Waals surface area contributed by atoms with Crippen molar-refractivity contribution in [3.63, 3.8) is 0 Å². The van der Waals surface area contributed by atoms with E-state index in [1.54, 1.807) is 23.3 Å². The zero-order valence-corrected chi connectivity index (χ0v) is 18.1. The van der Waals surface area contributed by atoms with Gasteiger partial charge in [0.15, 0.2) is 11.5 Å². The number of hydrogen-bond donors (Lipinski definition) is 0. The average molecular weight is 468 g/mol. The van der Waals surface area contributed by atoms with Crippen LogP contribution in [0.5, 0.6) is 11.5 Å². The molecular weight excluding hydrogens is 447 g/mol. The van der Waals surface area contributed by atoms with Crippen molar-refractivity contribution in [2.24, 2.45) is 0 Å². The number of carbonyl (C=O) groups excluding carboxylic acids is 2. The summed E-state index contributed by atoms with van der Waals surface area (Å²) in [6, 6.07) is 9.84. The van der Waals surface area contributed by atoms with E-state index in [9.17, 15) is 14.0 Å². The summed E-state index contributed by atoms with van der Waals surface area (Å²) in [5.41, 5.74) is 2.11. The maximum atomic E-state index is 13.7. The van der Waals surface area contributed by atoms with Crippen LogP contribution in [0, 0.1) is 5.82 Å². The van der Waals surface area contributed by atoms with E-state index in [1.165, 1.54) is 12.1 Å². The van der Waals surface area contributed by atoms with Crippen molar-refractivity contribution in [2.45, 2.75) is 12.3 Å². The summed E-state index contributed by atoms with van der Waals surface area (Å²) < 4.78 is 41.8. The second kappa shape index (κ2) is 7.91. The molecule has 2 fully saturated rings.